The Kier molecular flexibility index (Phi) is 6.05. The Morgan fingerprint density at radius 2 is 1.89 bits per heavy atom. The third-order valence-electron chi connectivity index (χ3n) is 5.80. The quantitative estimate of drug-likeness (QED) is 0.196. The minimum atomic E-state index is -0.845. The van der Waals surface area contributed by atoms with Crippen LogP contribution in [0.25, 0.3) is 16.0 Å². The molecule has 0 radical (unpaired) electrons. The molecular weight excluding hydrogens is 484 g/mol. The largest absolute Gasteiger partial charge is 0.507 e. The van der Waals surface area contributed by atoms with Crippen LogP contribution in [-0.4, -0.2) is 28.4 Å². The number of aliphatic hydroxyl groups excluding tert-OH is 1. The lowest BCUT2D eigenvalue weighted by molar-refractivity contribution is -0.132. The van der Waals surface area contributed by atoms with Gasteiger partial charge in [-0.25, -0.2) is 4.98 Å². The number of nitrogens with zero attached hydrogens (tertiary/aromatic N) is 2. The van der Waals surface area contributed by atoms with Gasteiger partial charge >= 0.3 is 5.91 Å². The van der Waals surface area contributed by atoms with Crippen molar-refractivity contribution in [3.05, 3.63) is 94.0 Å². The first-order valence-corrected chi connectivity index (χ1v) is 12.2. The van der Waals surface area contributed by atoms with E-state index in [2.05, 4.69) is 4.98 Å². The molecular formula is C27H21ClN2O4S. The number of amides is 1. The third-order valence-corrected chi connectivity index (χ3v) is 7.05. The van der Waals surface area contributed by atoms with E-state index in [1.54, 1.807) is 42.5 Å². The van der Waals surface area contributed by atoms with Crippen LogP contribution in [0.15, 0.2) is 72.3 Å². The highest BCUT2D eigenvalue weighted by Gasteiger charge is 2.48. The molecule has 1 fully saturated rings. The number of anilines is 1. The lowest BCUT2D eigenvalue weighted by atomic mass is 9.95. The van der Waals surface area contributed by atoms with Gasteiger partial charge in [0, 0.05) is 10.6 Å². The fourth-order valence-electron chi connectivity index (χ4n) is 4.14. The van der Waals surface area contributed by atoms with Crippen molar-refractivity contribution in [2.45, 2.75) is 19.9 Å². The second kappa shape index (κ2) is 9.17. The first-order chi connectivity index (χ1) is 16.9. The number of carbonyl (C=O) groups excluding carboxylic acids is 2. The summed E-state index contributed by atoms with van der Waals surface area (Å²) in [4.78, 5) is 32.7. The zero-order valence-corrected chi connectivity index (χ0v) is 20.6. The van der Waals surface area contributed by atoms with Gasteiger partial charge in [-0.15, -0.1) is 0 Å². The van der Waals surface area contributed by atoms with E-state index in [1.165, 1.54) is 16.2 Å². The van der Waals surface area contributed by atoms with Gasteiger partial charge < -0.3 is 9.84 Å². The van der Waals surface area contributed by atoms with Crippen molar-refractivity contribution in [2.75, 3.05) is 11.5 Å². The lowest BCUT2D eigenvalue weighted by Crippen LogP contribution is -2.29. The number of ketones is 1. The van der Waals surface area contributed by atoms with Gasteiger partial charge in [0.05, 0.1) is 28.4 Å². The van der Waals surface area contributed by atoms with E-state index in [9.17, 15) is 14.7 Å². The summed E-state index contributed by atoms with van der Waals surface area (Å²) >= 11 is 7.41. The zero-order valence-electron chi connectivity index (χ0n) is 19.0. The molecule has 1 unspecified atom stereocenters. The second-order valence-electron chi connectivity index (χ2n) is 8.15. The summed E-state index contributed by atoms with van der Waals surface area (Å²) in [6.07, 6.45) is 0. The van der Waals surface area contributed by atoms with E-state index in [4.69, 9.17) is 16.3 Å². The minimum Gasteiger partial charge on any atom is -0.507 e. The summed E-state index contributed by atoms with van der Waals surface area (Å²) < 4.78 is 6.34. The van der Waals surface area contributed by atoms with E-state index >= 15 is 0 Å². The number of hydrogen-bond donors (Lipinski definition) is 1. The van der Waals surface area contributed by atoms with Crippen LogP contribution in [0.5, 0.6) is 5.75 Å². The number of aryl methyl sites for hydroxylation is 1. The lowest BCUT2D eigenvalue weighted by Gasteiger charge is -2.23. The predicted octanol–water partition coefficient (Wildman–Crippen LogP) is 6.28. The van der Waals surface area contributed by atoms with Crippen LogP contribution in [0, 0.1) is 6.92 Å². The third kappa shape index (κ3) is 4.17. The van der Waals surface area contributed by atoms with Crippen molar-refractivity contribution >= 4 is 55.7 Å². The highest BCUT2D eigenvalue weighted by atomic mass is 35.5. The molecule has 1 N–H and O–H groups in total. The number of Topliss-reactive ketones (excluding diaryl/α,β-unsaturated/α-hetero) is 1. The van der Waals surface area contributed by atoms with Gasteiger partial charge in [-0.1, -0.05) is 64.9 Å². The molecule has 0 saturated carbocycles. The Balaban J connectivity index is 1.71. The van der Waals surface area contributed by atoms with Crippen molar-refractivity contribution in [2.24, 2.45) is 0 Å². The summed E-state index contributed by atoms with van der Waals surface area (Å²) in [6.45, 7) is 4.28. The number of hydrogen-bond acceptors (Lipinski definition) is 6. The molecule has 3 aromatic carbocycles. The number of aromatic nitrogens is 1. The first kappa shape index (κ1) is 23.1. The maximum absolute atomic E-state index is 13.4. The molecule has 1 atom stereocenters. The summed E-state index contributed by atoms with van der Waals surface area (Å²) in [5, 5.41) is 12.2. The predicted molar refractivity (Wildman–Crippen MR) is 138 cm³/mol. The fraction of sp³-hybridized carbons (Fsp3) is 0.148. The van der Waals surface area contributed by atoms with Crippen LogP contribution in [-0.2, 0) is 9.59 Å². The number of rotatable bonds is 5. The molecule has 4 aromatic rings. The Morgan fingerprint density at radius 1 is 1.11 bits per heavy atom. The van der Waals surface area contributed by atoms with E-state index < -0.39 is 17.7 Å². The van der Waals surface area contributed by atoms with Crippen molar-refractivity contribution < 1.29 is 19.4 Å². The van der Waals surface area contributed by atoms with Crippen LogP contribution >= 0.6 is 22.9 Å². The highest BCUT2D eigenvalue weighted by Crippen LogP contribution is 2.44. The zero-order chi connectivity index (χ0) is 24.7. The van der Waals surface area contributed by atoms with Crippen LogP contribution in [0.2, 0.25) is 5.02 Å². The molecule has 5 rings (SSSR count). The molecule has 2 heterocycles. The van der Waals surface area contributed by atoms with Crippen molar-refractivity contribution in [3.63, 3.8) is 0 Å². The van der Waals surface area contributed by atoms with Gasteiger partial charge in [-0.3, -0.25) is 14.5 Å². The number of ether oxygens (including phenoxy) is 1. The van der Waals surface area contributed by atoms with Crippen molar-refractivity contribution in [1.29, 1.82) is 0 Å². The summed E-state index contributed by atoms with van der Waals surface area (Å²) in [5.41, 5.74) is 2.79. The number of benzene rings is 3. The Morgan fingerprint density at radius 3 is 2.63 bits per heavy atom. The number of aliphatic hydroxyl groups is 1. The van der Waals surface area contributed by atoms with Gasteiger partial charge in [0.1, 0.15) is 11.5 Å². The van der Waals surface area contributed by atoms with E-state index in [-0.39, 0.29) is 11.3 Å². The van der Waals surface area contributed by atoms with E-state index in [0.717, 1.165) is 10.3 Å². The van der Waals surface area contributed by atoms with Crippen LogP contribution < -0.4 is 9.64 Å². The molecule has 1 aliphatic rings. The molecule has 35 heavy (non-hydrogen) atoms. The van der Waals surface area contributed by atoms with Crippen LogP contribution in [0.4, 0.5) is 5.13 Å². The summed E-state index contributed by atoms with van der Waals surface area (Å²) in [7, 11) is 0. The molecule has 8 heteroatoms. The Bertz CT molecular complexity index is 1490. The molecule has 1 saturated heterocycles. The summed E-state index contributed by atoms with van der Waals surface area (Å²) in [6, 6.07) is 18.8. The number of halogens is 1. The maximum atomic E-state index is 13.4. The first-order valence-electron chi connectivity index (χ1n) is 11.0. The van der Waals surface area contributed by atoms with Gasteiger partial charge in [0.25, 0.3) is 5.78 Å². The second-order valence-corrected chi connectivity index (χ2v) is 9.59. The number of thiazole rings is 1. The smallest absolute Gasteiger partial charge is 0.301 e. The monoisotopic (exact) mass is 504 g/mol. The van der Waals surface area contributed by atoms with Gasteiger partial charge in [-0.05, 0) is 49.7 Å². The molecule has 1 aliphatic heterocycles. The van der Waals surface area contributed by atoms with Crippen molar-refractivity contribution in [1.82, 2.24) is 4.98 Å². The molecule has 6 nitrogen and oxygen atoms in total. The summed E-state index contributed by atoms with van der Waals surface area (Å²) in [5.74, 6) is -1.22. The van der Waals surface area contributed by atoms with Crippen LogP contribution in [0.1, 0.15) is 29.7 Å². The average Bonchev–Trinajstić information content (AvgIpc) is 3.37. The number of carbonyl (C=O) groups is 2. The maximum Gasteiger partial charge on any atom is 0.301 e. The van der Waals surface area contributed by atoms with Gasteiger partial charge in [0.2, 0.25) is 0 Å². The molecule has 0 bridgehead atoms. The topological polar surface area (TPSA) is 79.7 Å². The number of fused-ring (bicyclic) bond motifs is 1. The van der Waals surface area contributed by atoms with E-state index in [1.807, 2.05) is 38.1 Å². The highest BCUT2D eigenvalue weighted by molar-refractivity contribution is 7.22. The molecule has 176 valence electrons. The molecule has 0 spiro atoms. The molecule has 1 amide bonds. The van der Waals surface area contributed by atoms with E-state index in [0.29, 0.717) is 39.2 Å². The molecule has 1 aromatic heterocycles. The minimum absolute atomic E-state index is 0.00444. The Labute approximate surface area is 211 Å². The SMILES string of the molecule is CCOc1cccc(C(O)=C2C(=O)C(=O)N(c3nc4ccc(Cl)cc4s3)C2c2ccc(C)cc2)c1. The standard InChI is InChI=1S/C27H21ClN2O4S/c1-3-34-19-6-4-5-17(13-19)24(31)22-23(16-9-7-15(2)8-10-16)30(26(33)25(22)32)27-29-20-12-11-18(28)14-21(20)35-27/h4-14,23,31H,3H2,1-2H3. The average molecular weight is 505 g/mol. The Hall–Kier alpha value is -3.68. The van der Waals surface area contributed by atoms with Gasteiger partial charge in [0.15, 0.2) is 5.13 Å². The van der Waals surface area contributed by atoms with Gasteiger partial charge in [-0.2, -0.15) is 0 Å². The fourth-order valence-corrected chi connectivity index (χ4v) is 5.41. The van der Waals surface area contributed by atoms with Crippen molar-refractivity contribution in [3.8, 4) is 5.75 Å². The van der Waals surface area contributed by atoms with Crippen LogP contribution in [0.3, 0.4) is 0 Å². The molecule has 0 aliphatic carbocycles. The normalized spacial score (nSPS) is 17.3.